The Labute approximate surface area is 260 Å². The van der Waals surface area contributed by atoms with E-state index in [4.69, 9.17) is 19.3 Å². The summed E-state index contributed by atoms with van der Waals surface area (Å²) in [5.74, 6) is -0.395. The lowest BCUT2D eigenvalue weighted by atomic mass is 9.87. The lowest BCUT2D eigenvalue weighted by Gasteiger charge is -2.39. The molecule has 0 saturated carbocycles. The van der Waals surface area contributed by atoms with Gasteiger partial charge in [0, 0.05) is 43.9 Å². The lowest BCUT2D eigenvalue weighted by molar-refractivity contribution is -0.209. The number of amides is 1. The van der Waals surface area contributed by atoms with Crippen LogP contribution in [-0.4, -0.2) is 86.7 Å². The van der Waals surface area contributed by atoms with E-state index in [9.17, 15) is 14.4 Å². The average Bonchev–Trinajstić information content (AvgIpc) is 3.51. The maximum Gasteiger partial charge on any atom is 0.326 e. The molecule has 0 aliphatic carbocycles. The average molecular weight is 620 g/mol. The Bertz CT molecular complexity index is 1730. The second-order valence-electron chi connectivity index (χ2n) is 11.8. The largest absolute Gasteiger partial charge is 0.394 e. The zero-order chi connectivity index (χ0) is 31.5. The number of ether oxygens (including phenoxy) is 3. The fourth-order valence-electron chi connectivity index (χ4n) is 6.83. The number of hydrogen-bond donors (Lipinski definition) is 2. The first-order valence-corrected chi connectivity index (χ1v) is 15.6. The van der Waals surface area contributed by atoms with Gasteiger partial charge in [-0.1, -0.05) is 30.3 Å². The normalized spacial score (nSPS) is 21.0. The maximum absolute atomic E-state index is 14.0. The number of likely N-dealkylation sites (tertiary alicyclic amines) is 1. The van der Waals surface area contributed by atoms with E-state index in [1.165, 1.54) is 0 Å². The van der Waals surface area contributed by atoms with E-state index in [1.54, 1.807) is 4.68 Å². The van der Waals surface area contributed by atoms with E-state index in [-0.39, 0.29) is 55.5 Å². The molecule has 0 radical (unpaired) electrons. The van der Waals surface area contributed by atoms with Crippen LogP contribution in [0.5, 0.6) is 0 Å². The number of carbonyl (C=O) groups is 1. The number of piperidine rings is 1. The van der Waals surface area contributed by atoms with Crippen molar-refractivity contribution in [3.63, 3.8) is 0 Å². The minimum absolute atomic E-state index is 0.0175. The van der Waals surface area contributed by atoms with Crippen LogP contribution in [0.3, 0.4) is 0 Å². The molecule has 12 nitrogen and oxygen atoms in total. The quantitative estimate of drug-likeness (QED) is 0.261. The van der Waals surface area contributed by atoms with Crippen molar-refractivity contribution in [2.24, 2.45) is 7.05 Å². The van der Waals surface area contributed by atoms with Crippen molar-refractivity contribution in [1.29, 1.82) is 0 Å². The van der Waals surface area contributed by atoms with Gasteiger partial charge in [-0.05, 0) is 56.4 Å². The van der Waals surface area contributed by atoms with E-state index < -0.39 is 12.4 Å². The van der Waals surface area contributed by atoms with Crippen LogP contribution < -0.4 is 11.2 Å². The number of imidazole rings is 1. The molecule has 0 bridgehead atoms. The van der Waals surface area contributed by atoms with Crippen molar-refractivity contribution in [2.75, 3.05) is 39.5 Å². The van der Waals surface area contributed by atoms with Crippen LogP contribution in [0, 0.1) is 6.92 Å². The van der Waals surface area contributed by atoms with Gasteiger partial charge in [-0.2, -0.15) is 0 Å². The Balaban J connectivity index is 1.20. The number of nitrogens with one attached hydrogen (secondary N) is 1. The van der Waals surface area contributed by atoms with Crippen LogP contribution in [0.2, 0.25) is 0 Å². The summed E-state index contributed by atoms with van der Waals surface area (Å²) < 4.78 is 22.9. The van der Waals surface area contributed by atoms with Crippen molar-refractivity contribution in [3.05, 3.63) is 86.7 Å². The highest BCUT2D eigenvalue weighted by molar-refractivity contribution is 5.81. The topological polar surface area (TPSA) is 133 Å². The zero-order valence-electron chi connectivity index (χ0n) is 25.8. The summed E-state index contributed by atoms with van der Waals surface area (Å²) in [6.07, 6.45) is 0.572. The number of benzene rings is 2. The Morgan fingerprint density at radius 3 is 2.49 bits per heavy atom. The van der Waals surface area contributed by atoms with Gasteiger partial charge in [0.2, 0.25) is 0 Å². The summed E-state index contributed by atoms with van der Waals surface area (Å²) in [6.45, 7) is 3.54. The molecule has 2 aliphatic heterocycles. The van der Waals surface area contributed by atoms with Crippen LogP contribution in [0.15, 0.2) is 64.2 Å². The van der Waals surface area contributed by atoms with Crippen LogP contribution in [-0.2, 0) is 26.1 Å². The number of aromatic nitrogens is 4. The summed E-state index contributed by atoms with van der Waals surface area (Å²) in [5.41, 5.74) is 3.68. The van der Waals surface area contributed by atoms with E-state index >= 15 is 0 Å². The molecule has 2 fully saturated rings. The number of aliphatic hydroxyl groups excluding tert-OH is 1. The van der Waals surface area contributed by atoms with Gasteiger partial charge in [0.25, 0.3) is 11.5 Å². The molecule has 240 valence electrons. The number of hydrogen-bond acceptors (Lipinski definition) is 7. The summed E-state index contributed by atoms with van der Waals surface area (Å²) in [5, 5.41) is 9.00. The molecule has 12 heteroatoms. The van der Waals surface area contributed by atoms with E-state index in [0.717, 1.165) is 22.4 Å². The van der Waals surface area contributed by atoms with Gasteiger partial charge < -0.3 is 29.2 Å². The second-order valence-corrected chi connectivity index (χ2v) is 11.8. The van der Waals surface area contributed by atoms with Gasteiger partial charge in [0.05, 0.1) is 43.1 Å². The SMILES string of the molecule is Cc1c(C2CC(OCCOCCO)OC(C(=O)N3CCC(n4c(=O)[nH]c5ccccc54)CC3)C2)c(=O)n(-c2ccccc2)n1C. The zero-order valence-corrected chi connectivity index (χ0v) is 25.8. The van der Waals surface area contributed by atoms with E-state index in [2.05, 4.69) is 4.98 Å². The fraction of sp³-hybridized carbons (Fsp3) is 0.485. The fourth-order valence-corrected chi connectivity index (χ4v) is 6.83. The molecule has 3 atom stereocenters. The van der Waals surface area contributed by atoms with Crippen molar-refractivity contribution >= 4 is 16.9 Å². The molecule has 6 rings (SSSR count). The van der Waals surface area contributed by atoms with E-state index in [1.807, 2.05) is 82.7 Å². The highest BCUT2D eigenvalue weighted by Crippen LogP contribution is 2.36. The Morgan fingerprint density at radius 1 is 1.00 bits per heavy atom. The van der Waals surface area contributed by atoms with Crippen LogP contribution in [0.25, 0.3) is 16.7 Å². The number of rotatable bonds is 10. The number of para-hydroxylation sites is 3. The van der Waals surface area contributed by atoms with Crippen molar-refractivity contribution in [2.45, 2.75) is 57.0 Å². The molecule has 3 unspecified atom stereocenters. The van der Waals surface area contributed by atoms with Gasteiger partial charge in [0.15, 0.2) is 6.29 Å². The van der Waals surface area contributed by atoms with Gasteiger partial charge in [-0.3, -0.25) is 18.8 Å². The van der Waals surface area contributed by atoms with Crippen molar-refractivity contribution in [3.8, 4) is 5.69 Å². The number of carbonyl (C=O) groups excluding carboxylic acids is 1. The molecule has 2 saturated heterocycles. The molecular weight excluding hydrogens is 578 g/mol. The first-order valence-electron chi connectivity index (χ1n) is 15.6. The standard InChI is InChI=1S/C33H41N5O7/c1-22-30(32(41)38(35(22)2)25-8-4-3-5-9-25)23-20-28(45-29(21-23)44-19-18-43-17-16-39)31(40)36-14-12-24(13-15-36)37-27-11-7-6-10-26(27)34-33(37)42/h3-11,23-24,28-29,39H,12-21H2,1-2H3,(H,34,42). The molecule has 2 aromatic heterocycles. The molecule has 45 heavy (non-hydrogen) atoms. The minimum atomic E-state index is -0.788. The summed E-state index contributed by atoms with van der Waals surface area (Å²) in [4.78, 5) is 45.4. The summed E-state index contributed by atoms with van der Waals surface area (Å²) >= 11 is 0. The number of aliphatic hydroxyl groups is 1. The first kappa shape index (κ1) is 31.0. The third-order valence-electron chi connectivity index (χ3n) is 9.11. The molecule has 2 aromatic carbocycles. The van der Waals surface area contributed by atoms with Gasteiger partial charge >= 0.3 is 5.69 Å². The Kier molecular flexibility index (Phi) is 9.36. The first-order chi connectivity index (χ1) is 21.9. The molecule has 4 aromatic rings. The van der Waals surface area contributed by atoms with E-state index in [0.29, 0.717) is 44.3 Å². The summed E-state index contributed by atoms with van der Waals surface area (Å²) in [6, 6.07) is 17.1. The van der Waals surface area contributed by atoms with Crippen LogP contribution in [0.4, 0.5) is 0 Å². The second kappa shape index (κ2) is 13.6. The highest BCUT2D eigenvalue weighted by atomic mass is 16.7. The number of aromatic amines is 1. The molecule has 4 heterocycles. The van der Waals surface area contributed by atoms with Gasteiger partial charge in [-0.15, -0.1) is 0 Å². The lowest BCUT2D eigenvalue weighted by Crippen LogP contribution is -2.49. The van der Waals surface area contributed by atoms with Crippen molar-refractivity contribution < 1.29 is 24.1 Å². The highest BCUT2D eigenvalue weighted by Gasteiger charge is 2.40. The third kappa shape index (κ3) is 6.28. The Morgan fingerprint density at radius 2 is 1.73 bits per heavy atom. The minimum Gasteiger partial charge on any atom is -0.394 e. The monoisotopic (exact) mass is 619 g/mol. The number of H-pyrrole nitrogens is 1. The molecule has 2 aliphatic rings. The third-order valence-corrected chi connectivity index (χ3v) is 9.11. The smallest absolute Gasteiger partial charge is 0.326 e. The van der Waals surface area contributed by atoms with Gasteiger partial charge in [0.1, 0.15) is 6.10 Å². The Hall–Kier alpha value is -3.97. The van der Waals surface area contributed by atoms with Crippen LogP contribution >= 0.6 is 0 Å². The molecule has 2 N–H and O–H groups in total. The van der Waals surface area contributed by atoms with Crippen molar-refractivity contribution in [1.82, 2.24) is 23.8 Å². The predicted octanol–water partition coefficient (Wildman–Crippen LogP) is 2.61. The number of nitrogens with zero attached hydrogens (tertiary/aromatic N) is 4. The number of fused-ring (bicyclic) bond motifs is 1. The van der Waals surface area contributed by atoms with Gasteiger partial charge in [-0.25, -0.2) is 9.48 Å². The molecule has 1 amide bonds. The molecule has 0 spiro atoms. The predicted molar refractivity (Wildman–Crippen MR) is 168 cm³/mol. The summed E-state index contributed by atoms with van der Waals surface area (Å²) in [7, 11) is 1.87. The van der Waals surface area contributed by atoms with Crippen LogP contribution in [0.1, 0.15) is 48.9 Å². The molecular formula is C33H41N5O7. The maximum atomic E-state index is 14.0.